The topological polar surface area (TPSA) is 60.5 Å². The second-order valence-corrected chi connectivity index (χ2v) is 6.59. The summed E-state index contributed by atoms with van der Waals surface area (Å²) in [5.74, 6) is 1.53. The maximum atomic E-state index is 12.2. The molecule has 2 aliphatic rings. The number of ether oxygens (including phenoxy) is 2. The molecule has 1 fully saturated rings. The molecule has 0 unspecified atom stereocenters. The maximum Gasteiger partial charge on any atom is 0.232 e. The number of hydrogen-bond donors (Lipinski definition) is 1. The Hall–Kier alpha value is -1.82. The number of nitrogens with one attached hydrogen (secondary N) is 1. The summed E-state index contributed by atoms with van der Waals surface area (Å²) >= 11 is 1.46. The van der Waals surface area contributed by atoms with E-state index in [0.717, 1.165) is 35.2 Å². The number of amides is 1. The van der Waals surface area contributed by atoms with Crippen molar-refractivity contribution in [2.75, 3.05) is 12.1 Å². The van der Waals surface area contributed by atoms with Crippen molar-refractivity contribution in [3.63, 3.8) is 0 Å². The van der Waals surface area contributed by atoms with Gasteiger partial charge >= 0.3 is 0 Å². The molecular weight excluding hydrogens is 276 g/mol. The highest BCUT2D eigenvalue weighted by atomic mass is 32.1. The molecule has 0 bridgehead atoms. The fourth-order valence-corrected chi connectivity index (χ4v) is 3.42. The molecule has 5 nitrogen and oxygen atoms in total. The lowest BCUT2D eigenvalue weighted by molar-refractivity contribution is -0.128. The van der Waals surface area contributed by atoms with Crippen molar-refractivity contribution in [2.24, 2.45) is 5.41 Å². The number of hydrogen-bond acceptors (Lipinski definition) is 5. The Labute approximate surface area is 119 Å². The van der Waals surface area contributed by atoms with Gasteiger partial charge in [0.25, 0.3) is 0 Å². The molecule has 1 saturated carbocycles. The Bertz CT molecular complexity index is 665. The van der Waals surface area contributed by atoms with Gasteiger partial charge in [-0.05, 0) is 12.8 Å². The largest absolute Gasteiger partial charge is 0.454 e. The van der Waals surface area contributed by atoms with Crippen molar-refractivity contribution in [1.29, 1.82) is 0 Å². The first kappa shape index (κ1) is 12.0. The first-order valence-corrected chi connectivity index (χ1v) is 7.47. The first-order valence-electron chi connectivity index (χ1n) is 6.66. The van der Waals surface area contributed by atoms with Gasteiger partial charge in [-0.3, -0.25) is 4.79 Å². The van der Waals surface area contributed by atoms with E-state index < -0.39 is 0 Å². The van der Waals surface area contributed by atoms with Gasteiger partial charge in [-0.15, -0.1) is 0 Å². The van der Waals surface area contributed by atoms with Gasteiger partial charge in [-0.1, -0.05) is 24.7 Å². The zero-order valence-electron chi connectivity index (χ0n) is 11.1. The monoisotopic (exact) mass is 290 g/mol. The number of fused-ring (bicyclic) bond motifs is 2. The van der Waals surface area contributed by atoms with Crippen LogP contribution in [0, 0.1) is 5.41 Å². The van der Waals surface area contributed by atoms with Crippen LogP contribution in [0.1, 0.15) is 26.2 Å². The van der Waals surface area contributed by atoms with Crippen LogP contribution in [0.3, 0.4) is 0 Å². The highest BCUT2D eigenvalue weighted by Crippen LogP contribution is 2.42. The van der Waals surface area contributed by atoms with E-state index >= 15 is 0 Å². The van der Waals surface area contributed by atoms with Gasteiger partial charge in [0.2, 0.25) is 12.7 Å². The van der Waals surface area contributed by atoms with Crippen LogP contribution in [0.2, 0.25) is 0 Å². The molecule has 2 heterocycles. The van der Waals surface area contributed by atoms with E-state index in [2.05, 4.69) is 10.3 Å². The summed E-state index contributed by atoms with van der Waals surface area (Å²) in [4.78, 5) is 16.7. The van der Waals surface area contributed by atoms with Crippen LogP contribution >= 0.6 is 11.3 Å². The van der Waals surface area contributed by atoms with Crippen LogP contribution in [0.25, 0.3) is 10.2 Å². The van der Waals surface area contributed by atoms with Crippen LogP contribution in [0.5, 0.6) is 11.5 Å². The summed E-state index contributed by atoms with van der Waals surface area (Å²) in [7, 11) is 0. The van der Waals surface area contributed by atoms with Gasteiger partial charge in [-0.2, -0.15) is 0 Å². The molecule has 0 spiro atoms. The van der Waals surface area contributed by atoms with Crippen molar-refractivity contribution in [1.82, 2.24) is 4.98 Å². The van der Waals surface area contributed by atoms with E-state index in [0.29, 0.717) is 10.9 Å². The number of nitrogens with zero attached hydrogens (tertiary/aromatic N) is 1. The molecule has 1 aromatic carbocycles. The number of carbonyl (C=O) groups excluding carboxylic acids is 1. The summed E-state index contributed by atoms with van der Waals surface area (Å²) < 4.78 is 11.7. The molecule has 1 amide bonds. The van der Waals surface area contributed by atoms with Gasteiger partial charge in [-0.25, -0.2) is 4.98 Å². The molecule has 6 heteroatoms. The Morgan fingerprint density at radius 1 is 1.35 bits per heavy atom. The second kappa shape index (κ2) is 4.09. The molecule has 20 heavy (non-hydrogen) atoms. The number of rotatable bonds is 2. The van der Waals surface area contributed by atoms with Crippen molar-refractivity contribution >= 4 is 32.6 Å². The van der Waals surface area contributed by atoms with Gasteiger partial charge in [0.05, 0.1) is 10.2 Å². The Morgan fingerprint density at radius 2 is 2.10 bits per heavy atom. The summed E-state index contributed by atoms with van der Waals surface area (Å²) in [5.41, 5.74) is 0.611. The number of anilines is 1. The number of benzene rings is 1. The molecule has 104 valence electrons. The molecule has 1 N–H and O–H groups in total. The fourth-order valence-electron chi connectivity index (χ4n) is 2.55. The van der Waals surface area contributed by atoms with Gasteiger partial charge in [0.15, 0.2) is 16.6 Å². The molecule has 0 saturated heterocycles. The molecular formula is C14H14N2O3S. The zero-order valence-corrected chi connectivity index (χ0v) is 11.9. The fraction of sp³-hybridized carbons (Fsp3) is 0.429. The highest BCUT2D eigenvalue weighted by Gasteiger charge is 2.39. The van der Waals surface area contributed by atoms with Gasteiger partial charge < -0.3 is 14.8 Å². The SMILES string of the molecule is CC1(C(=O)Nc2nc3cc4c(cc3s2)OCO4)CCC1. The molecule has 0 radical (unpaired) electrons. The lowest BCUT2D eigenvalue weighted by Crippen LogP contribution is -2.39. The Kier molecular flexibility index (Phi) is 2.44. The predicted octanol–water partition coefficient (Wildman–Crippen LogP) is 3.15. The van der Waals surface area contributed by atoms with Gasteiger partial charge in [0, 0.05) is 17.5 Å². The van der Waals surface area contributed by atoms with Crippen molar-refractivity contribution in [2.45, 2.75) is 26.2 Å². The number of aromatic nitrogens is 1. The lowest BCUT2D eigenvalue weighted by atomic mass is 9.70. The smallest absolute Gasteiger partial charge is 0.232 e. The average Bonchev–Trinajstić information content (AvgIpc) is 2.97. The van der Waals surface area contributed by atoms with E-state index in [-0.39, 0.29) is 18.1 Å². The van der Waals surface area contributed by atoms with E-state index in [1.807, 2.05) is 19.1 Å². The standard InChI is InChI=1S/C14H14N2O3S/c1-14(3-2-4-14)12(17)16-13-15-8-5-9-10(19-7-18-9)6-11(8)20-13/h5-6H,2-4,7H2,1H3,(H,15,16,17). The normalized spacial score (nSPS) is 18.9. The van der Waals surface area contributed by atoms with Crippen LogP contribution < -0.4 is 14.8 Å². The summed E-state index contributed by atoms with van der Waals surface area (Å²) in [5, 5.41) is 3.58. The minimum atomic E-state index is -0.216. The van der Waals surface area contributed by atoms with Crippen molar-refractivity contribution in [3.05, 3.63) is 12.1 Å². The minimum Gasteiger partial charge on any atom is -0.454 e. The molecule has 1 aliphatic carbocycles. The van der Waals surface area contributed by atoms with E-state index in [4.69, 9.17) is 9.47 Å². The van der Waals surface area contributed by atoms with E-state index in [1.54, 1.807) is 0 Å². The van der Waals surface area contributed by atoms with Gasteiger partial charge in [0.1, 0.15) is 0 Å². The first-order chi connectivity index (χ1) is 9.64. The molecule has 0 atom stereocenters. The minimum absolute atomic E-state index is 0.0721. The van der Waals surface area contributed by atoms with E-state index in [1.165, 1.54) is 11.3 Å². The molecule has 1 aromatic heterocycles. The van der Waals surface area contributed by atoms with Crippen molar-refractivity contribution in [3.8, 4) is 11.5 Å². The van der Waals surface area contributed by atoms with Crippen LogP contribution in [0.15, 0.2) is 12.1 Å². The van der Waals surface area contributed by atoms with Crippen LogP contribution in [-0.4, -0.2) is 17.7 Å². The predicted molar refractivity (Wildman–Crippen MR) is 76.3 cm³/mol. The quantitative estimate of drug-likeness (QED) is 0.923. The summed E-state index contributed by atoms with van der Waals surface area (Å²) in [6, 6.07) is 3.77. The molecule has 2 aromatic rings. The molecule has 4 rings (SSSR count). The highest BCUT2D eigenvalue weighted by molar-refractivity contribution is 7.22. The third-order valence-electron chi connectivity index (χ3n) is 4.11. The molecule has 1 aliphatic heterocycles. The van der Waals surface area contributed by atoms with Crippen LogP contribution in [-0.2, 0) is 4.79 Å². The Morgan fingerprint density at radius 3 is 2.80 bits per heavy atom. The number of carbonyl (C=O) groups is 1. The number of thiazole rings is 1. The lowest BCUT2D eigenvalue weighted by Gasteiger charge is -2.36. The Balaban J connectivity index is 1.63. The third kappa shape index (κ3) is 1.75. The average molecular weight is 290 g/mol. The second-order valence-electron chi connectivity index (χ2n) is 5.56. The summed E-state index contributed by atoms with van der Waals surface area (Å²) in [6.45, 7) is 2.27. The summed E-state index contributed by atoms with van der Waals surface area (Å²) in [6.07, 6.45) is 3.05. The maximum absolute atomic E-state index is 12.2. The third-order valence-corrected chi connectivity index (χ3v) is 5.04. The van der Waals surface area contributed by atoms with E-state index in [9.17, 15) is 4.79 Å². The zero-order chi connectivity index (χ0) is 13.7. The van der Waals surface area contributed by atoms with Crippen molar-refractivity contribution < 1.29 is 14.3 Å². The van der Waals surface area contributed by atoms with Crippen LogP contribution in [0.4, 0.5) is 5.13 Å².